The average Bonchev–Trinajstić information content (AvgIpc) is 2.13. The summed E-state index contributed by atoms with van der Waals surface area (Å²) in [7, 11) is 0. The Morgan fingerprint density at radius 1 is 1.60 bits per heavy atom. The molecule has 0 radical (unpaired) electrons. The minimum absolute atomic E-state index is 0.583. The van der Waals surface area contributed by atoms with Crippen LogP contribution in [0.1, 0.15) is 5.69 Å². The number of nitrogens with zero attached hydrogens (tertiary/aromatic N) is 1. The Balaban J connectivity index is 2.81. The zero-order valence-electron chi connectivity index (χ0n) is 4.90. The Hall–Kier alpha value is 0.940. The predicted octanol–water partition coefficient (Wildman–Crippen LogP) is 3.18. The van der Waals surface area contributed by atoms with Gasteiger partial charge in [0.25, 0.3) is 0 Å². The molecule has 0 N–H and O–H groups in total. The van der Waals surface area contributed by atoms with Gasteiger partial charge in [-0.25, -0.2) is 4.98 Å². The SMILES string of the molecule is ClCCc1nc(I)sc1Cl. The van der Waals surface area contributed by atoms with Gasteiger partial charge in [-0.15, -0.1) is 11.6 Å². The van der Waals surface area contributed by atoms with Crippen LogP contribution in [0, 0.1) is 3.01 Å². The molecule has 0 saturated carbocycles. The Kier molecular flexibility index (Phi) is 3.69. The molecule has 0 bridgehead atoms. The van der Waals surface area contributed by atoms with E-state index in [1.165, 1.54) is 11.3 Å². The maximum Gasteiger partial charge on any atom is 0.155 e. The first-order valence-electron chi connectivity index (χ1n) is 2.60. The van der Waals surface area contributed by atoms with Crippen LogP contribution in [0.25, 0.3) is 0 Å². The van der Waals surface area contributed by atoms with E-state index in [1.807, 2.05) is 0 Å². The maximum absolute atomic E-state index is 5.82. The third kappa shape index (κ3) is 2.22. The van der Waals surface area contributed by atoms with Crippen LogP contribution < -0.4 is 0 Å². The summed E-state index contributed by atoms with van der Waals surface area (Å²) in [6.45, 7) is 0. The first-order chi connectivity index (χ1) is 4.74. The minimum Gasteiger partial charge on any atom is -0.233 e. The van der Waals surface area contributed by atoms with Crippen molar-refractivity contribution in [1.82, 2.24) is 4.98 Å². The molecular formula is C5H4Cl2INS. The van der Waals surface area contributed by atoms with Gasteiger partial charge in [-0.1, -0.05) is 22.9 Å². The third-order valence-corrected chi connectivity index (χ3v) is 3.17. The average molecular weight is 308 g/mol. The molecule has 0 atom stereocenters. The van der Waals surface area contributed by atoms with Crippen LogP contribution in [-0.2, 0) is 6.42 Å². The number of thiazole rings is 1. The Labute approximate surface area is 86.9 Å². The van der Waals surface area contributed by atoms with E-state index < -0.39 is 0 Å². The molecule has 5 heteroatoms. The summed E-state index contributed by atoms with van der Waals surface area (Å²) in [4.78, 5) is 4.19. The van der Waals surface area contributed by atoms with Crippen molar-refractivity contribution in [2.45, 2.75) is 6.42 Å². The number of aromatic nitrogens is 1. The standard InChI is InChI=1S/C5H4Cl2INS/c6-2-1-3-4(7)10-5(8)9-3/h1-2H2. The molecular weight excluding hydrogens is 304 g/mol. The van der Waals surface area contributed by atoms with Crippen LogP contribution >= 0.6 is 57.1 Å². The summed E-state index contributed by atoms with van der Waals surface area (Å²) in [5, 5.41) is 0. The largest absolute Gasteiger partial charge is 0.233 e. The molecule has 0 fully saturated rings. The predicted molar refractivity (Wildman–Crippen MR) is 54.3 cm³/mol. The molecule has 1 aromatic heterocycles. The molecule has 1 heterocycles. The molecule has 1 rings (SSSR count). The maximum atomic E-state index is 5.82. The van der Waals surface area contributed by atoms with Crippen molar-refractivity contribution in [3.63, 3.8) is 0 Å². The van der Waals surface area contributed by atoms with E-state index in [-0.39, 0.29) is 0 Å². The van der Waals surface area contributed by atoms with Crippen LogP contribution in [-0.4, -0.2) is 10.9 Å². The number of halogens is 3. The normalized spacial score (nSPS) is 10.3. The Morgan fingerprint density at radius 3 is 2.70 bits per heavy atom. The molecule has 1 aromatic rings. The fraction of sp³-hybridized carbons (Fsp3) is 0.400. The van der Waals surface area contributed by atoms with Gasteiger partial charge in [-0.3, -0.25) is 0 Å². The monoisotopic (exact) mass is 307 g/mol. The molecule has 0 aliphatic heterocycles. The van der Waals surface area contributed by atoms with Crippen molar-refractivity contribution >= 4 is 57.1 Å². The fourth-order valence-electron chi connectivity index (χ4n) is 0.549. The summed E-state index contributed by atoms with van der Waals surface area (Å²) in [5.74, 6) is 0.583. The lowest BCUT2D eigenvalue weighted by atomic mass is 10.4. The van der Waals surface area contributed by atoms with Crippen LogP contribution in [0.3, 0.4) is 0 Å². The third-order valence-electron chi connectivity index (χ3n) is 0.955. The highest BCUT2D eigenvalue weighted by Gasteiger charge is 2.05. The minimum atomic E-state index is 0.583. The van der Waals surface area contributed by atoms with Crippen molar-refractivity contribution in [3.05, 3.63) is 13.0 Å². The summed E-state index contributed by atoms with van der Waals surface area (Å²) in [6, 6.07) is 0. The second kappa shape index (κ2) is 4.09. The lowest BCUT2D eigenvalue weighted by Gasteiger charge is -1.87. The second-order valence-electron chi connectivity index (χ2n) is 1.63. The van der Waals surface area contributed by atoms with Gasteiger partial charge in [0.05, 0.1) is 5.69 Å². The van der Waals surface area contributed by atoms with Crippen LogP contribution in [0.2, 0.25) is 4.34 Å². The zero-order valence-corrected chi connectivity index (χ0v) is 9.39. The number of rotatable bonds is 2. The van der Waals surface area contributed by atoms with Gasteiger partial charge in [0, 0.05) is 12.3 Å². The van der Waals surface area contributed by atoms with Gasteiger partial charge in [-0.2, -0.15) is 0 Å². The van der Waals surface area contributed by atoms with Crippen LogP contribution in [0.5, 0.6) is 0 Å². The number of aryl methyl sites for hydroxylation is 1. The zero-order chi connectivity index (χ0) is 7.56. The first kappa shape index (κ1) is 9.03. The van der Waals surface area contributed by atoms with E-state index in [9.17, 15) is 0 Å². The van der Waals surface area contributed by atoms with Gasteiger partial charge >= 0.3 is 0 Å². The molecule has 0 unspecified atom stereocenters. The molecule has 56 valence electrons. The molecule has 1 nitrogen and oxygen atoms in total. The topological polar surface area (TPSA) is 12.9 Å². The Bertz CT molecular complexity index is 225. The summed E-state index contributed by atoms with van der Waals surface area (Å²) < 4.78 is 1.74. The van der Waals surface area contributed by atoms with Crippen molar-refractivity contribution in [2.75, 3.05) is 5.88 Å². The van der Waals surface area contributed by atoms with Crippen LogP contribution in [0.4, 0.5) is 0 Å². The Morgan fingerprint density at radius 2 is 2.30 bits per heavy atom. The summed E-state index contributed by atoms with van der Waals surface area (Å²) in [6.07, 6.45) is 0.764. The highest BCUT2D eigenvalue weighted by Crippen LogP contribution is 2.25. The van der Waals surface area contributed by atoms with E-state index in [0.717, 1.165) is 19.5 Å². The van der Waals surface area contributed by atoms with Gasteiger partial charge in [0.2, 0.25) is 0 Å². The number of hydrogen-bond acceptors (Lipinski definition) is 2. The van der Waals surface area contributed by atoms with E-state index >= 15 is 0 Å². The van der Waals surface area contributed by atoms with Crippen molar-refractivity contribution in [3.8, 4) is 0 Å². The fourth-order valence-corrected chi connectivity index (χ4v) is 3.00. The number of hydrogen-bond donors (Lipinski definition) is 0. The quantitative estimate of drug-likeness (QED) is 0.604. The van der Waals surface area contributed by atoms with Gasteiger partial charge in [0.15, 0.2) is 3.01 Å². The molecule has 0 spiro atoms. The van der Waals surface area contributed by atoms with Gasteiger partial charge in [-0.05, 0) is 22.6 Å². The van der Waals surface area contributed by atoms with E-state index in [0.29, 0.717) is 5.88 Å². The van der Waals surface area contributed by atoms with Crippen molar-refractivity contribution in [2.24, 2.45) is 0 Å². The first-order valence-corrected chi connectivity index (χ1v) is 5.41. The molecule has 0 aliphatic rings. The molecule has 0 saturated heterocycles. The van der Waals surface area contributed by atoms with Crippen molar-refractivity contribution in [1.29, 1.82) is 0 Å². The summed E-state index contributed by atoms with van der Waals surface area (Å²) in [5.41, 5.74) is 0.922. The highest BCUT2D eigenvalue weighted by molar-refractivity contribution is 14.1. The van der Waals surface area contributed by atoms with Crippen molar-refractivity contribution < 1.29 is 0 Å². The molecule has 0 aliphatic carbocycles. The van der Waals surface area contributed by atoms with E-state index in [2.05, 4.69) is 27.6 Å². The summed E-state index contributed by atoms with van der Waals surface area (Å²) >= 11 is 15.0. The molecule has 0 aromatic carbocycles. The number of alkyl halides is 1. The molecule has 10 heavy (non-hydrogen) atoms. The lowest BCUT2D eigenvalue weighted by molar-refractivity contribution is 1.06. The smallest absolute Gasteiger partial charge is 0.155 e. The second-order valence-corrected chi connectivity index (χ2v) is 5.36. The molecule has 0 amide bonds. The van der Waals surface area contributed by atoms with Gasteiger partial charge in [0.1, 0.15) is 4.34 Å². The van der Waals surface area contributed by atoms with Crippen LogP contribution in [0.15, 0.2) is 0 Å². The van der Waals surface area contributed by atoms with E-state index in [1.54, 1.807) is 0 Å². The van der Waals surface area contributed by atoms with Gasteiger partial charge < -0.3 is 0 Å². The van der Waals surface area contributed by atoms with E-state index in [4.69, 9.17) is 23.2 Å². The highest BCUT2D eigenvalue weighted by atomic mass is 127. The lowest BCUT2D eigenvalue weighted by Crippen LogP contribution is -1.86.